The highest BCUT2D eigenvalue weighted by Crippen LogP contribution is 2.31. The molecule has 0 saturated heterocycles. The van der Waals surface area contributed by atoms with Crippen LogP contribution in [0.3, 0.4) is 0 Å². The third-order valence-corrected chi connectivity index (χ3v) is 7.12. The van der Waals surface area contributed by atoms with Gasteiger partial charge in [-0.05, 0) is 43.4 Å². The number of carbonyl (C=O) groups is 4. The summed E-state index contributed by atoms with van der Waals surface area (Å²) in [7, 11) is 0. The number of benzene rings is 1. The van der Waals surface area contributed by atoms with Gasteiger partial charge in [-0.15, -0.1) is 0 Å². The molecule has 1 aliphatic rings. The number of primary amides is 1. The van der Waals surface area contributed by atoms with Crippen LogP contribution in [-0.2, 0) is 30.5 Å². The van der Waals surface area contributed by atoms with E-state index < -0.39 is 41.5 Å². The van der Waals surface area contributed by atoms with Crippen molar-refractivity contribution in [3.8, 4) is 0 Å². The van der Waals surface area contributed by atoms with Crippen LogP contribution in [0.4, 0.5) is 10.5 Å². The van der Waals surface area contributed by atoms with Crippen molar-refractivity contribution in [2.24, 2.45) is 11.7 Å². The van der Waals surface area contributed by atoms with E-state index >= 15 is 0 Å². The predicted octanol–water partition coefficient (Wildman–Crippen LogP) is 3.98. The van der Waals surface area contributed by atoms with E-state index in [0.29, 0.717) is 6.42 Å². The molecule has 1 aliphatic carbocycles. The Morgan fingerprint density at radius 3 is 2.48 bits per heavy atom. The number of anilines is 1. The standard InChI is InChI=1S/C31H40N4O7/c1-2-41-28(37)18-16-24(15-17-27(32)36)33-29(38)26(20-22-10-5-3-6-11-22)35-19-9-14-25(30(35)39)34-31(40)42-21-23-12-7-4-8-13-23/h4,7-9,12-14,16,18-19,22,24,26H,2-3,5-6,10-11,15,17,20-21H2,1H3,(H2,32,36)(H,33,38)(H,34,40). The molecule has 1 heterocycles. The molecule has 0 aliphatic heterocycles. The lowest BCUT2D eigenvalue weighted by Gasteiger charge is -2.28. The number of amides is 3. The lowest BCUT2D eigenvalue weighted by molar-refractivity contribution is -0.137. The fourth-order valence-corrected chi connectivity index (χ4v) is 4.98. The first kappa shape index (κ1) is 32.1. The molecule has 42 heavy (non-hydrogen) atoms. The van der Waals surface area contributed by atoms with Crippen LogP contribution in [-0.4, -0.2) is 41.1 Å². The highest BCUT2D eigenvalue weighted by Gasteiger charge is 2.28. The summed E-state index contributed by atoms with van der Waals surface area (Å²) < 4.78 is 11.5. The second kappa shape index (κ2) is 16.8. The van der Waals surface area contributed by atoms with Crippen molar-refractivity contribution in [1.82, 2.24) is 9.88 Å². The second-order valence-corrected chi connectivity index (χ2v) is 10.3. The third kappa shape index (κ3) is 10.5. The van der Waals surface area contributed by atoms with E-state index in [0.717, 1.165) is 37.7 Å². The van der Waals surface area contributed by atoms with Crippen molar-refractivity contribution in [3.63, 3.8) is 0 Å². The van der Waals surface area contributed by atoms with Crippen molar-refractivity contribution in [2.75, 3.05) is 11.9 Å². The highest BCUT2D eigenvalue weighted by molar-refractivity contribution is 5.85. The van der Waals surface area contributed by atoms with Crippen molar-refractivity contribution >= 4 is 29.6 Å². The number of ether oxygens (including phenoxy) is 2. The molecule has 2 atom stereocenters. The van der Waals surface area contributed by atoms with E-state index in [1.165, 1.54) is 29.0 Å². The molecule has 11 heteroatoms. The average molecular weight is 581 g/mol. The summed E-state index contributed by atoms with van der Waals surface area (Å²) in [5.74, 6) is -1.35. The summed E-state index contributed by atoms with van der Waals surface area (Å²) in [5, 5.41) is 5.37. The SMILES string of the molecule is CCOC(=O)C=CC(CCC(N)=O)NC(=O)C(CC1CCCCC1)n1cccc(NC(=O)OCc2ccccc2)c1=O. The number of nitrogens with one attached hydrogen (secondary N) is 2. The maximum atomic E-state index is 13.7. The molecule has 3 amide bonds. The molecule has 1 aromatic heterocycles. The summed E-state index contributed by atoms with van der Waals surface area (Å²) in [5.41, 5.74) is 5.54. The minimum atomic E-state index is -0.894. The Morgan fingerprint density at radius 1 is 1.05 bits per heavy atom. The fourth-order valence-electron chi connectivity index (χ4n) is 4.98. The van der Waals surface area contributed by atoms with Crippen LogP contribution in [0.1, 0.15) is 69.9 Å². The Kier molecular flexibility index (Phi) is 12.8. The Labute approximate surface area is 245 Å². The topological polar surface area (TPSA) is 159 Å². The zero-order chi connectivity index (χ0) is 30.3. The summed E-state index contributed by atoms with van der Waals surface area (Å²) in [6.45, 7) is 1.90. The van der Waals surface area contributed by atoms with E-state index in [2.05, 4.69) is 10.6 Å². The second-order valence-electron chi connectivity index (χ2n) is 10.3. The quantitative estimate of drug-likeness (QED) is 0.225. The largest absolute Gasteiger partial charge is 0.463 e. The number of nitrogens with zero attached hydrogens (tertiary/aromatic N) is 1. The van der Waals surface area contributed by atoms with Crippen LogP contribution >= 0.6 is 0 Å². The number of hydrogen-bond donors (Lipinski definition) is 3. The first-order valence-corrected chi connectivity index (χ1v) is 14.4. The average Bonchev–Trinajstić information content (AvgIpc) is 2.98. The molecule has 0 radical (unpaired) electrons. The van der Waals surface area contributed by atoms with Crippen LogP contribution in [0.5, 0.6) is 0 Å². The molecule has 1 saturated carbocycles. The first-order valence-electron chi connectivity index (χ1n) is 14.4. The van der Waals surface area contributed by atoms with E-state index in [1.807, 2.05) is 30.3 Å². The lowest BCUT2D eigenvalue weighted by atomic mass is 9.84. The minimum absolute atomic E-state index is 0.0180. The summed E-state index contributed by atoms with van der Waals surface area (Å²) >= 11 is 0. The molecule has 0 spiro atoms. The normalized spacial score (nSPS) is 15.0. The Bertz CT molecular complexity index is 1290. The number of nitrogens with two attached hydrogens (primary N) is 1. The van der Waals surface area contributed by atoms with Gasteiger partial charge >= 0.3 is 12.1 Å². The lowest BCUT2D eigenvalue weighted by Crippen LogP contribution is -2.43. The van der Waals surface area contributed by atoms with E-state index in [4.69, 9.17) is 15.2 Å². The number of hydrogen-bond acceptors (Lipinski definition) is 7. The molecule has 4 N–H and O–H groups in total. The third-order valence-electron chi connectivity index (χ3n) is 7.12. The molecular formula is C31H40N4O7. The zero-order valence-electron chi connectivity index (χ0n) is 24.0. The van der Waals surface area contributed by atoms with Gasteiger partial charge in [-0.3, -0.25) is 19.7 Å². The van der Waals surface area contributed by atoms with Gasteiger partial charge in [0.15, 0.2) is 0 Å². The van der Waals surface area contributed by atoms with Gasteiger partial charge in [-0.1, -0.05) is 68.5 Å². The van der Waals surface area contributed by atoms with Gasteiger partial charge in [-0.25, -0.2) is 9.59 Å². The van der Waals surface area contributed by atoms with E-state index in [1.54, 1.807) is 13.0 Å². The van der Waals surface area contributed by atoms with Gasteiger partial charge in [0.2, 0.25) is 11.8 Å². The van der Waals surface area contributed by atoms with E-state index in [9.17, 15) is 24.0 Å². The number of pyridine rings is 1. The fraction of sp³-hybridized carbons (Fsp3) is 0.452. The molecule has 2 aromatic rings. The Morgan fingerprint density at radius 2 is 1.79 bits per heavy atom. The molecule has 1 fully saturated rings. The van der Waals surface area contributed by atoms with Crippen LogP contribution < -0.4 is 21.9 Å². The van der Waals surface area contributed by atoms with Crippen molar-refractivity contribution in [3.05, 3.63) is 76.7 Å². The van der Waals surface area contributed by atoms with Gasteiger partial charge in [0.05, 0.1) is 6.61 Å². The number of aromatic nitrogens is 1. The van der Waals surface area contributed by atoms with Gasteiger partial charge in [-0.2, -0.15) is 0 Å². The minimum Gasteiger partial charge on any atom is -0.463 e. The molecule has 2 unspecified atom stereocenters. The molecule has 0 bridgehead atoms. The number of carbonyl (C=O) groups excluding carboxylic acids is 4. The van der Waals surface area contributed by atoms with Gasteiger partial charge in [0.1, 0.15) is 18.3 Å². The summed E-state index contributed by atoms with van der Waals surface area (Å²) in [6.07, 6.45) is 9.05. The smallest absolute Gasteiger partial charge is 0.412 e. The van der Waals surface area contributed by atoms with Crippen LogP contribution in [0.15, 0.2) is 65.6 Å². The highest BCUT2D eigenvalue weighted by atomic mass is 16.5. The first-order chi connectivity index (χ1) is 20.3. The molecule has 3 rings (SSSR count). The van der Waals surface area contributed by atoms with Gasteiger partial charge < -0.3 is 25.1 Å². The van der Waals surface area contributed by atoms with Crippen LogP contribution in [0.25, 0.3) is 0 Å². The maximum Gasteiger partial charge on any atom is 0.412 e. The van der Waals surface area contributed by atoms with Crippen molar-refractivity contribution in [2.45, 2.75) is 77.0 Å². The zero-order valence-corrected chi connectivity index (χ0v) is 24.0. The van der Waals surface area contributed by atoms with Gasteiger partial charge in [0.25, 0.3) is 5.56 Å². The summed E-state index contributed by atoms with van der Waals surface area (Å²) in [4.78, 5) is 63.1. The number of rotatable bonds is 14. The van der Waals surface area contributed by atoms with Gasteiger partial charge in [0, 0.05) is 24.7 Å². The van der Waals surface area contributed by atoms with E-state index in [-0.39, 0.29) is 37.7 Å². The maximum absolute atomic E-state index is 13.7. The van der Waals surface area contributed by atoms with Crippen LogP contribution in [0.2, 0.25) is 0 Å². The number of esters is 1. The molecule has 1 aromatic carbocycles. The van der Waals surface area contributed by atoms with Crippen molar-refractivity contribution < 1.29 is 28.7 Å². The van der Waals surface area contributed by atoms with Crippen molar-refractivity contribution in [1.29, 1.82) is 0 Å². The molecule has 11 nitrogen and oxygen atoms in total. The molecule has 226 valence electrons. The van der Waals surface area contributed by atoms with Crippen LogP contribution in [0, 0.1) is 5.92 Å². The predicted molar refractivity (Wildman–Crippen MR) is 157 cm³/mol. The Balaban J connectivity index is 1.82. The summed E-state index contributed by atoms with van der Waals surface area (Å²) in [6, 6.07) is 10.6. The molecular weight excluding hydrogens is 540 g/mol. The monoisotopic (exact) mass is 580 g/mol. The Hall–Kier alpha value is -4.41.